The number of nitrogens with zero attached hydrogens (tertiary/aromatic N) is 1. The van der Waals surface area contributed by atoms with Gasteiger partial charge in [0.2, 0.25) is 124 Å². The number of aliphatic hydroxyl groups is 2. The fraction of sp³-hybridized carbons (Fsp3) is 0.689. The van der Waals surface area contributed by atoms with Gasteiger partial charge in [-0.1, -0.05) is 85.2 Å². The fourth-order valence-corrected chi connectivity index (χ4v) is 13.7. The number of likely N-dealkylation sites (tertiary alicyclic amines) is 1. The van der Waals surface area contributed by atoms with Crippen LogP contribution in [0.15, 0.2) is 30.3 Å². The molecule has 1 heterocycles. The van der Waals surface area contributed by atoms with E-state index in [1.807, 2.05) is 0 Å². The summed E-state index contributed by atoms with van der Waals surface area (Å²) in [5.74, 6) is -21.8. The van der Waals surface area contributed by atoms with Crippen LogP contribution in [0.25, 0.3) is 0 Å². The van der Waals surface area contributed by atoms with E-state index < -0.39 is 304 Å². The normalized spacial score (nSPS) is 15.9. The minimum absolute atomic E-state index is 0.00129. The Balaban J connectivity index is 2.26. The number of carbonyl (C=O) groups excluding carboxylic acids is 21. The predicted molar refractivity (Wildman–Crippen MR) is 495 cm³/mol. The second kappa shape index (κ2) is 51.4. The SMILES string of the molecule is CC[C@H](C)[C@H](NC(=O)C(C)(C)NC(=O)[C@@H](NC(=O)[C@@H]1CCCN1C(=O)C(C)(C)NC(=O)[C@H](CC(C)C)NC(=O)[C@H](CO)NC(=O)C(C)(C)NC(=O)C(C)(C)NC(=O)C(C)(C)NC(=O)[C@H](CCC(N)=O)NC(=O)[C@](C)(CC)NC(=O)C(C)(C)NC(=O)[C@H](C)NC(=O)[C@H](C)NC(=O)C(C)(C)NC(C)=O)C(C)C)C(=O)N[C@@H](CCC(N)=O)C(=O)N[C@@H](CCC(=O)O)C(=O)NC(CO)Cc1ccccc1. The number of nitrogens with one attached hydrogen (secondary N) is 18. The van der Waals surface area contributed by atoms with Crippen LogP contribution >= 0.6 is 0 Å². The minimum atomic E-state index is -1.96. The molecular weight excluding hydrogens is 1780 g/mol. The zero-order valence-electron chi connectivity index (χ0n) is 83.0. The second-order valence-corrected chi connectivity index (χ2v) is 39.3. The molecule has 13 atom stereocenters. The van der Waals surface area contributed by atoms with Gasteiger partial charge in [0.25, 0.3) is 0 Å². The summed E-state index contributed by atoms with van der Waals surface area (Å²) in [4.78, 5) is 301. The van der Waals surface area contributed by atoms with E-state index in [0.717, 1.165) is 5.56 Å². The smallest absolute Gasteiger partial charge is 0.303 e. The average molecular weight is 1930 g/mol. The first-order valence-corrected chi connectivity index (χ1v) is 45.4. The van der Waals surface area contributed by atoms with Crippen LogP contribution < -0.4 is 107 Å². The molecule has 2 rings (SSSR count). The maximum Gasteiger partial charge on any atom is 0.303 e. The van der Waals surface area contributed by atoms with Crippen molar-refractivity contribution in [3.05, 3.63) is 35.9 Å². The largest absolute Gasteiger partial charge is 0.481 e. The van der Waals surface area contributed by atoms with Crippen molar-refractivity contribution in [1.82, 2.24) is 101 Å². The molecule has 46 nitrogen and oxygen atoms in total. The van der Waals surface area contributed by atoms with Crippen molar-refractivity contribution in [2.45, 2.75) is 361 Å². The van der Waals surface area contributed by atoms with Gasteiger partial charge in [0.05, 0.1) is 19.3 Å². The highest BCUT2D eigenvalue weighted by atomic mass is 16.4. The summed E-state index contributed by atoms with van der Waals surface area (Å²) in [6, 6.07) is -6.58. The van der Waals surface area contributed by atoms with E-state index in [4.69, 9.17) is 11.5 Å². The van der Waals surface area contributed by atoms with E-state index in [9.17, 15) is 121 Å². The van der Waals surface area contributed by atoms with Gasteiger partial charge in [-0.2, -0.15) is 0 Å². The molecule has 1 unspecified atom stereocenters. The number of nitrogens with two attached hydrogens (primary N) is 2. The van der Waals surface area contributed by atoms with Gasteiger partial charge in [-0.15, -0.1) is 0 Å². The van der Waals surface area contributed by atoms with Gasteiger partial charge in [-0.25, -0.2) is 0 Å². The van der Waals surface area contributed by atoms with Crippen molar-refractivity contribution in [2.75, 3.05) is 19.8 Å². The number of carboxylic acids is 1. The Labute approximate surface area is 793 Å². The quantitative estimate of drug-likeness (QED) is 0.0294. The van der Waals surface area contributed by atoms with Crippen LogP contribution in [-0.2, 0) is 112 Å². The zero-order valence-corrected chi connectivity index (χ0v) is 83.0. The van der Waals surface area contributed by atoms with Crippen molar-refractivity contribution >= 4 is 130 Å². The first-order chi connectivity index (χ1) is 62.4. The Bertz CT molecular complexity index is 4510. The van der Waals surface area contributed by atoms with Crippen molar-refractivity contribution in [1.29, 1.82) is 0 Å². The van der Waals surface area contributed by atoms with E-state index in [1.54, 1.807) is 71.9 Å². The standard InChI is InChI=1S/C90H149N21O25/c1-26-48(7)64(73(127)97-54(35-38-60(91)115)68(122)96-55(37-40-62(117)118)67(121)95-53(44-112)43-52-32-29-28-30-33-52)102-77(131)84(13,14)107-74(128)63(47(5)6)101-72(126)59-34-31-41-111(59)82(136)89(23,24)106-71(125)57(42-46(3)4)98-69(123)58(45-113)100-76(130)85(15,16)108-79(133)88(21,22)109-78(132)86(17,18)105-70(124)56(36-39-61(92)116)99-81(135)90(25,27-2)110-80(134)87(19,20)104-66(120)50(9)93-65(119)49(8)94-75(129)83(11,12)103-51(10)114/h28-30,32-33,46-50,53-59,63-64,112-113H,26-27,31,34-45H2,1-25H3,(H2,91,115)(H2,92,116)(H,93,119)(H,94,129)(H,95,121)(H,96,122)(H,97,127)(H,98,123)(H,99,135)(H,100,130)(H,101,126)(H,102,131)(H,103,114)(H,104,120)(H,105,124)(H,106,125)(H,107,128)(H,108,133)(H,109,132)(H,110,134)(H,117,118)/t48-,49-,50-,53?,54-,55-,56-,57-,58-,59-,63-,64-,90-/m0/s1. The monoisotopic (exact) mass is 1920 g/mol. The van der Waals surface area contributed by atoms with Crippen LogP contribution in [0.4, 0.5) is 0 Å². The van der Waals surface area contributed by atoms with Crippen molar-refractivity contribution in [3.8, 4) is 0 Å². The van der Waals surface area contributed by atoms with Crippen LogP contribution in [0.5, 0.6) is 0 Å². The zero-order chi connectivity index (χ0) is 105. The van der Waals surface area contributed by atoms with Gasteiger partial charge in [0.1, 0.15) is 105 Å². The summed E-state index contributed by atoms with van der Waals surface area (Å²) in [5.41, 5.74) is -2.91. The van der Waals surface area contributed by atoms with Crippen LogP contribution in [0, 0.1) is 17.8 Å². The Morgan fingerprint density at radius 2 is 0.816 bits per heavy atom. The van der Waals surface area contributed by atoms with Crippen LogP contribution in [0.1, 0.15) is 249 Å². The molecular formula is C90H149N21O25. The molecule has 764 valence electrons. The lowest BCUT2D eigenvalue weighted by Gasteiger charge is -2.36. The van der Waals surface area contributed by atoms with Gasteiger partial charge in [0, 0.05) is 32.7 Å². The number of hydrogen-bond acceptors (Lipinski definition) is 24. The number of primary amides is 2. The van der Waals surface area contributed by atoms with Crippen molar-refractivity contribution < 1.29 is 121 Å². The third kappa shape index (κ3) is 37.3. The van der Waals surface area contributed by atoms with E-state index in [-0.39, 0.29) is 51.0 Å². The molecule has 0 aromatic heterocycles. The highest BCUT2D eigenvalue weighted by molar-refractivity contribution is 6.05. The molecule has 0 bridgehead atoms. The van der Waals surface area contributed by atoms with E-state index in [2.05, 4.69) is 95.7 Å². The average Bonchev–Trinajstić information content (AvgIpc) is 1.82. The second-order valence-electron chi connectivity index (χ2n) is 39.3. The van der Waals surface area contributed by atoms with Gasteiger partial charge < -0.3 is 127 Å². The van der Waals surface area contributed by atoms with Gasteiger partial charge in [0.15, 0.2) is 0 Å². The molecule has 1 saturated heterocycles. The van der Waals surface area contributed by atoms with Gasteiger partial charge in [-0.3, -0.25) is 105 Å². The molecule has 1 aromatic rings. The molecule has 1 aliphatic rings. The number of aliphatic carboxylic acids is 1. The lowest BCUT2D eigenvalue weighted by molar-refractivity contribution is -0.146. The number of rotatable bonds is 55. The number of amides is 21. The first-order valence-electron chi connectivity index (χ1n) is 45.4. The lowest BCUT2D eigenvalue weighted by Crippen LogP contribution is -2.68. The molecule has 0 radical (unpaired) electrons. The molecule has 0 aliphatic carbocycles. The highest BCUT2D eigenvalue weighted by Gasteiger charge is 2.49. The lowest BCUT2D eigenvalue weighted by atomic mass is 9.93. The summed E-state index contributed by atoms with van der Waals surface area (Å²) in [6.45, 7) is 33.1. The Kier molecular flexibility index (Phi) is 45.2. The highest BCUT2D eigenvalue weighted by Crippen LogP contribution is 2.25. The maximum absolute atomic E-state index is 14.7. The molecule has 25 N–H and O–H groups in total. The molecule has 0 spiro atoms. The van der Waals surface area contributed by atoms with Crippen molar-refractivity contribution in [3.63, 3.8) is 0 Å². The van der Waals surface area contributed by atoms with E-state index in [0.29, 0.717) is 0 Å². The molecule has 1 aliphatic heterocycles. The van der Waals surface area contributed by atoms with Crippen molar-refractivity contribution in [2.24, 2.45) is 29.2 Å². The van der Waals surface area contributed by atoms with Crippen LogP contribution in [0.3, 0.4) is 0 Å². The molecule has 136 heavy (non-hydrogen) atoms. The maximum atomic E-state index is 14.7. The molecule has 21 amide bonds. The molecule has 0 saturated carbocycles. The Morgan fingerprint density at radius 3 is 1.30 bits per heavy atom. The first kappa shape index (κ1) is 120. The summed E-state index contributed by atoms with van der Waals surface area (Å²) in [7, 11) is 0. The summed E-state index contributed by atoms with van der Waals surface area (Å²) >= 11 is 0. The molecule has 1 aromatic carbocycles. The number of hydrogen-bond donors (Lipinski definition) is 23. The summed E-state index contributed by atoms with van der Waals surface area (Å²) in [6.07, 6.45) is -2.23. The third-order valence-electron chi connectivity index (χ3n) is 22.9. The van der Waals surface area contributed by atoms with Gasteiger partial charge >= 0.3 is 5.97 Å². The topological polar surface area (TPSA) is 708 Å². The summed E-state index contributed by atoms with van der Waals surface area (Å²) in [5, 5.41) is 75.8. The van der Waals surface area contributed by atoms with E-state index in [1.165, 1.54) is 136 Å². The van der Waals surface area contributed by atoms with Crippen LogP contribution in [0.2, 0.25) is 0 Å². The molecule has 1 fully saturated rings. The number of benzene rings is 1. The number of carboxylic acid groups (broad SMARTS) is 1. The van der Waals surface area contributed by atoms with Crippen LogP contribution in [-0.4, -0.2) is 281 Å². The Hall–Kier alpha value is -12.5. The predicted octanol–water partition coefficient (Wildman–Crippen LogP) is -4.20. The third-order valence-corrected chi connectivity index (χ3v) is 22.9. The fourth-order valence-electron chi connectivity index (χ4n) is 13.7. The van der Waals surface area contributed by atoms with E-state index >= 15 is 0 Å². The van der Waals surface area contributed by atoms with Gasteiger partial charge in [-0.05, 0) is 192 Å². The Morgan fingerprint density at radius 1 is 0.404 bits per heavy atom. The minimum Gasteiger partial charge on any atom is -0.481 e. The molecule has 46 heteroatoms. The summed E-state index contributed by atoms with van der Waals surface area (Å²) < 4.78 is 0. The number of carbonyl (C=O) groups is 22. The number of aliphatic hydroxyl groups excluding tert-OH is 2.